The lowest BCUT2D eigenvalue weighted by molar-refractivity contribution is 0.0751. The van der Waals surface area contributed by atoms with Gasteiger partial charge in [0.25, 0.3) is 0 Å². The van der Waals surface area contributed by atoms with Crippen LogP contribution in [0.5, 0.6) is 0 Å². The number of anilines is 2. The van der Waals surface area contributed by atoms with E-state index in [9.17, 15) is 5.11 Å². The lowest BCUT2D eigenvalue weighted by Gasteiger charge is -2.21. The Morgan fingerprint density at radius 1 is 1.06 bits per heavy atom. The van der Waals surface area contributed by atoms with Gasteiger partial charge in [-0.3, -0.25) is 0 Å². The highest BCUT2D eigenvalue weighted by Crippen LogP contribution is 2.34. The molecule has 0 atom stereocenters. The molecule has 4 heteroatoms. The zero-order chi connectivity index (χ0) is 13.7. The number of hydrogen-bond acceptors (Lipinski definition) is 4. The predicted octanol–water partition coefficient (Wildman–Crippen LogP) is 2.24. The second-order valence-electron chi connectivity index (χ2n) is 5.30. The van der Waals surface area contributed by atoms with Gasteiger partial charge in [0.05, 0.1) is 22.6 Å². The largest absolute Gasteiger partial charge is 0.396 e. The van der Waals surface area contributed by atoms with Crippen LogP contribution in [-0.4, -0.2) is 10.1 Å². The Morgan fingerprint density at radius 2 is 1.61 bits per heavy atom. The van der Waals surface area contributed by atoms with Crippen LogP contribution in [-0.2, 0) is 5.60 Å². The van der Waals surface area contributed by atoms with Gasteiger partial charge in [-0.15, -0.1) is 0 Å². The van der Waals surface area contributed by atoms with Crippen molar-refractivity contribution < 1.29 is 5.11 Å². The highest BCUT2D eigenvalue weighted by atomic mass is 16.3. The molecule has 96 valence electrons. The second kappa shape index (κ2) is 3.85. The van der Waals surface area contributed by atoms with Crippen molar-refractivity contribution in [1.29, 1.82) is 0 Å². The summed E-state index contributed by atoms with van der Waals surface area (Å²) in [6.07, 6.45) is 0. The topological polar surface area (TPSA) is 85.2 Å². The minimum absolute atomic E-state index is 0.359. The van der Waals surface area contributed by atoms with Gasteiger partial charge in [-0.25, -0.2) is 4.98 Å². The summed E-state index contributed by atoms with van der Waals surface area (Å²) in [5, 5.41) is 10.9. The van der Waals surface area contributed by atoms with E-state index in [4.69, 9.17) is 11.5 Å². The molecular weight excluding hydrogens is 226 g/mol. The van der Waals surface area contributed by atoms with Crippen molar-refractivity contribution in [1.82, 2.24) is 4.98 Å². The van der Waals surface area contributed by atoms with E-state index >= 15 is 0 Å². The molecular formula is C14H19N3O. The van der Waals surface area contributed by atoms with Gasteiger partial charge in [0.15, 0.2) is 0 Å². The van der Waals surface area contributed by atoms with Crippen molar-refractivity contribution in [3.05, 3.63) is 29.0 Å². The maximum atomic E-state index is 10.1. The molecule has 0 aliphatic carbocycles. The van der Waals surface area contributed by atoms with Crippen LogP contribution in [0.1, 0.15) is 30.7 Å². The summed E-state index contributed by atoms with van der Waals surface area (Å²) in [7, 11) is 0. The van der Waals surface area contributed by atoms with Gasteiger partial charge in [-0.2, -0.15) is 0 Å². The normalized spacial score (nSPS) is 12.1. The first-order chi connectivity index (χ1) is 8.21. The SMILES string of the molecule is Cc1cc2nc(C(C)(C)O)c(N)c(N)c2cc1C. The van der Waals surface area contributed by atoms with E-state index in [0.717, 1.165) is 22.0 Å². The van der Waals surface area contributed by atoms with Gasteiger partial charge < -0.3 is 16.6 Å². The predicted molar refractivity (Wildman–Crippen MR) is 75.3 cm³/mol. The van der Waals surface area contributed by atoms with Gasteiger partial charge in [0.2, 0.25) is 0 Å². The third-order valence-electron chi connectivity index (χ3n) is 3.26. The Bertz CT molecular complexity index is 627. The van der Waals surface area contributed by atoms with Crippen LogP contribution in [0.25, 0.3) is 10.9 Å². The third kappa shape index (κ3) is 1.88. The van der Waals surface area contributed by atoms with E-state index < -0.39 is 5.60 Å². The molecule has 0 fully saturated rings. The standard InChI is InChI=1S/C14H19N3O/c1-7-5-9-10(6-8(7)2)17-13(14(3,4)18)12(16)11(9)15/h5-6,18H,16H2,1-4H3,(H2,15,17). The third-order valence-corrected chi connectivity index (χ3v) is 3.26. The van der Waals surface area contributed by atoms with Gasteiger partial charge in [0.1, 0.15) is 5.60 Å². The fourth-order valence-electron chi connectivity index (χ4n) is 2.03. The quantitative estimate of drug-likeness (QED) is 0.719. The number of nitrogens with zero attached hydrogens (tertiary/aromatic N) is 1. The molecule has 0 saturated heterocycles. The second-order valence-corrected chi connectivity index (χ2v) is 5.30. The fourth-order valence-corrected chi connectivity index (χ4v) is 2.03. The van der Waals surface area contributed by atoms with Crippen LogP contribution in [0.4, 0.5) is 11.4 Å². The molecule has 1 heterocycles. The fraction of sp³-hybridized carbons (Fsp3) is 0.357. The molecule has 0 aliphatic rings. The average Bonchev–Trinajstić information content (AvgIpc) is 2.25. The Balaban J connectivity index is 2.88. The molecule has 1 aromatic carbocycles. The summed E-state index contributed by atoms with van der Waals surface area (Å²) in [4.78, 5) is 4.45. The van der Waals surface area contributed by atoms with Crippen LogP contribution in [0.15, 0.2) is 12.1 Å². The highest BCUT2D eigenvalue weighted by molar-refractivity contribution is 5.97. The summed E-state index contributed by atoms with van der Waals surface area (Å²) >= 11 is 0. The Labute approximate surface area is 107 Å². The molecule has 5 N–H and O–H groups in total. The number of pyridine rings is 1. The van der Waals surface area contributed by atoms with Crippen molar-refractivity contribution in [2.75, 3.05) is 11.5 Å². The van der Waals surface area contributed by atoms with Crippen molar-refractivity contribution >= 4 is 22.3 Å². The zero-order valence-electron chi connectivity index (χ0n) is 11.2. The van der Waals surface area contributed by atoms with E-state index in [-0.39, 0.29) is 0 Å². The number of hydrogen-bond donors (Lipinski definition) is 3. The van der Waals surface area contributed by atoms with E-state index in [2.05, 4.69) is 4.98 Å². The number of nitrogens with two attached hydrogens (primary N) is 2. The van der Waals surface area contributed by atoms with Crippen LogP contribution in [0.3, 0.4) is 0 Å². The molecule has 0 saturated carbocycles. The lowest BCUT2D eigenvalue weighted by Crippen LogP contribution is -2.21. The first-order valence-electron chi connectivity index (χ1n) is 5.90. The number of rotatable bonds is 1. The van der Waals surface area contributed by atoms with Gasteiger partial charge in [0, 0.05) is 5.39 Å². The van der Waals surface area contributed by atoms with Crippen LogP contribution >= 0.6 is 0 Å². The minimum atomic E-state index is -1.11. The van der Waals surface area contributed by atoms with E-state index in [1.54, 1.807) is 13.8 Å². The van der Waals surface area contributed by atoms with E-state index in [1.165, 1.54) is 0 Å². The van der Waals surface area contributed by atoms with Crippen LogP contribution < -0.4 is 11.5 Å². The first kappa shape index (κ1) is 12.6. The number of aryl methyl sites for hydroxylation is 2. The monoisotopic (exact) mass is 245 g/mol. The Hall–Kier alpha value is -1.81. The Kier molecular flexibility index (Phi) is 2.70. The van der Waals surface area contributed by atoms with Crippen molar-refractivity contribution in [3.63, 3.8) is 0 Å². The summed E-state index contributed by atoms with van der Waals surface area (Å²) < 4.78 is 0. The molecule has 0 aliphatic heterocycles. The summed E-state index contributed by atoms with van der Waals surface area (Å²) in [5.41, 5.74) is 15.3. The average molecular weight is 245 g/mol. The molecule has 2 rings (SSSR count). The van der Waals surface area contributed by atoms with Crippen molar-refractivity contribution in [2.24, 2.45) is 0 Å². The van der Waals surface area contributed by atoms with Crippen LogP contribution in [0, 0.1) is 13.8 Å². The first-order valence-corrected chi connectivity index (χ1v) is 5.90. The molecule has 0 unspecified atom stereocenters. The van der Waals surface area contributed by atoms with Crippen molar-refractivity contribution in [3.8, 4) is 0 Å². The smallest absolute Gasteiger partial charge is 0.103 e. The number of aromatic nitrogens is 1. The summed E-state index contributed by atoms with van der Waals surface area (Å²) in [6, 6.07) is 3.95. The molecule has 0 amide bonds. The zero-order valence-corrected chi connectivity index (χ0v) is 11.2. The van der Waals surface area contributed by atoms with Crippen LogP contribution in [0.2, 0.25) is 0 Å². The van der Waals surface area contributed by atoms with Gasteiger partial charge >= 0.3 is 0 Å². The number of fused-ring (bicyclic) bond motifs is 1. The number of nitrogen functional groups attached to an aromatic ring is 2. The maximum absolute atomic E-state index is 10.1. The minimum Gasteiger partial charge on any atom is -0.396 e. The van der Waals surface area contributed by atoms with E-state index in [0.29, 0.717) is 17.1 Å². The summed E-state index contributed by atoms with van der Waals surface area (Å²) in [5.74, 6) is 0. The summed E-state index contributed by atoms with van der Waals surface area (Å²) in [6.45, 7) is 7.34. The lowest BCUT2D eigenvalue weighted by atomic mass is 9.98. The molecule has 1 aromatic heterocycles. The molecule has 0 spiro atoms. The highest BCUT2D eigenvalue weighted by Gasteiger charge is 2.24. The molecule has 4 nitrogen and oxygen atoms in total. The molecule has 2 aromatic rings. The van der Waals surface area contributed by atoms with Crippen molar-refractivity contribution in [2.45, 2.75) is 33.3 Å². The molecule has 0 bridgehead atoms. The van der Waals surface area contributed by atoms with E-state index in [1.807, 2.05) is 26.0 Å². The number of benzene rings is 1. The van der Waals surface area contributed by atoms with Gasteiger partial charge in [-0.05, 0) is 51.0 Å². The maximum Gasteiger partial charge on any atom is 0.103 e. The number of aliphatic hydroxyl groups is 1. The van der Waals surface area contributed by atoms with Gasteiger partial charge in [-0.1, -0.05) is 0 Å². The molecule has 0 radical (unpaired) electrons. The molecule has 18 heavy (non-hydrogen) atoms. The Morgan fingerprint density at radius 3 is 2.17 bits per heavy atom.